The number of aromatic nitrogens is 1. The van der Waals surface area contributed by atoms with Crippen molar-refractivity contribution in [2.75, 3.05) is 6.54 Å². The summed E-state index contributed by atoms with van der Waals surface area (Å²) in [7, 11) is 0. The minimum absolute atomic E-state index is 0.0125. The number of rotatable bonds is 3. The lowest BCUT2D eigenvalue weighted by Gasteiger charge is -2.31. The molecule has 2 atom stereocenters. The van der Waals surface area contributed by atoms with Crippen LogP contribution >= 0.6 is 0 Å². The first-order chi connectivity index (χ1) is 9.78. The molecule has 0 aliphatic heterocycles. The van der Waals surface area contributed by atoms with Crippen molar-refractivity contribution in [2.24, 2.45) is 11.7 Å². The van der Waals surface area contributed by atoms with Crippen molar-refractivity contribution in [3.63, 3.8) is 0 Å². The second-order valence-electron chi connectivity index (χ2n) is 5.64. The zero-order valence-corrected chi connectivity index (χ0v) is 11.6. The van der Waals surface area contributed by atoms with Crippen LogP contribution in [0.1, 0.15) is 36.0 Å². The number of carbonyl (C=O) groups excluding carboxylic acids is 1. The lowest BCUT2D eigenvalue weighted by Crippen LogP contribution is -2.44. The molecular formula is C16H21N3O. The van der Waals surface area contributed by atoms with Crippen molar-refractivity contribution >= 4 is 16.8 Å². The fourth-order valence-corrected chi connectivity index (χ4v) is 3.13. The van der Waals surface area contributed by atoms with Crippen molar-refractivity contribution < 1.29 is 4.79 Å². The summed E-state index contributed by atoms with van der Waals surface area (Å²) in [4.78, 5) is 15.5. The molecule has 106 valence electrons. The molecule has 0 bridgehead atoms. The quantitative estimate of drug-likeness (QED) is 0.802. The number of nitrogens with two attached hydrogens (primary N) is 1. The van der Waals surface area contributed by atoms with Gasteiger partial charge < -0.3 is 16.0 Å². The van der Waals surface area contributed by atoms with Crippen molar-refractivity contribution in [1.29, 1.82) is 0 Å². The predicted octanol–water partition coefficient (Wildman–Crippen LogP) is 2.42. The Morgan fingerprint density at radius 2 is 2.15 bits per heavy atom. The molecule has 2 aromatic rings. The van der Waals surface area contributed by atoms with Gasteiger partial charge in [0.25, 0.3) is 5.91 Å². The van der Waals surface area contributed by atoms with Crippen LogP contribution < -0.4 is 11.1 Å². The number of aromatic amines is 1. The van der Waals surface area contributed by atoms with Gasteiger partial charge in [0.15, 0.2) is 0 Å². The van der Waals surface area contributed by atoms with Crippen LogP contribution in [0.4, 0.5) is 0 Å². The van der Waals surface area contributed by atoms with Gasteiger partial charge in [-0.25, -0.2) is 0 Å². The second-order valence-corrected chi connectivity index (χ2v) is 5.64. The van der Waals surface area contributed by atoms with E-state index in [0.29, 0.717) is 12.5 Å². The van der Waals surface area contributed by atoms with E-state index in [1.807, 2.05) is 30.5 Å². The molecule has 20 heavy (non-hydrogen) atoms. The van der Waals surface area contributed by atoms with Gasteiger partial charge in [-0.3, -0.25) is 4.79 Å². The Kier molecular flexibility index (Phi) is 3.74. The van der Waals surface area contributed by atoms with E-state index in [0.717, 1.165) is 29.3 Å². The summed E-state index contributed by atoms with van der Waals surface area (Å²) < 4.78 is 0. The maximum atomic E-state index is 12.4. The van der Waals surface area contributed by atoms with Gasteiger partial charge in [-0.2, -0.15) is 0 Å². The number of hydrogen-bond donors (Lipinski definition) is 3. The fourth-order valence-electron chi connectivity index (χ4n) is 3.13. The molecule has 0 saturated heterocycles. The smallest absolute Gasteiger partial charge is 0.251 e. The van der Waals surface area contributed by atoms with Crippen LogP contribution in [0.3, 0.4) is 0 Å². The number of nitrogens with one attached hydrogen (secondary N) is 2. The number of hydrogen-bond acceptors (Lipinski definition) is 2. The van der Waals surface area contributed by atoms with Gasteiger partial charge in [-0.1, -0.05) is 12.8 Å². The molecule has 1 aromatic carbocycles. The Hall–Kier alpha value is -1.81. The molecule has 4 N–H and O–H groups in total. The number of benzene rings is 1. The highest BCUT2D eigenvalue weighted by molar-refractivity contribution is 5.98. The van der Waals surface area contributed by atoms with Crippen LogP contribution in [-0.2, 0) is 0 Å². The standard InChI is InChI=1S/C16H21N3O/c17-10-13-3-1-2-4-15(13)19-16(20)12-5-6-14-11(9-12)7-8-18-14/h5-9,13,15,18H,1-4,10,17H2,(H,19,20). The van der Waals surface area contributed by atoms with Crippen molar-refractivity contribution in [2.45, 2.75) is 31.7 Å². The molecule has 1 aliphatic carbocycles. The maximum absolute atomic E-state index is 12.4. The van der Waals surface area contributed by atoms with E-state index in [-0.39, 0.29) is 11.9 Å². The average Bonchev–Trinajstić information content (AvgIpc) is 2.95. The van der Waals surface area contributed by atoms with Crippen LogP contribution in [-0.4, -0.2) is 23.5 Å². The summed E-state index contributed by atoms with van der Waals surface area (Å²) in [5.41, 5.74) is 7.59. The van der Waals surface area contributed by atoms with Crippen LogP contribution in [0, 0.1) is 5.92 Å². The molecular weight excluding hydrogens is 250 g/mol. The van der Waals surface area contributed by atoms with E-state index in [9.17, 15) is 4.79 Å². The lowest BCUT2D eigenvalue weighted by atomic mass is 9.84. The minimum atomic E-state index is 0.0125. The summed E-state index contributed by atoms with van der Waals surface area (Å²) in [6, 6.07) is 7.96. The Morgan fingerprint density at radius 3 is 3.00 bits per heavy atom. The van der Waals surface area contributed by atoms with E-state index in [2.05, 4.69) is 10.3 Å². The van der Waals surface area contributed by atoms with Crippen LogP contribution in [0.25, 0.3) is 10.9 Å². The van der Waals surface area contributed by atoms with Crippen molar-refractivity contribution in [3.8, 4) is 0 Å². The molecule has 1 amide bonds. The third-order valence-corrected chi connectivity index (χ3v) is 4.34. The first kappa shape index (κ1) is 13.2. The molecule has 0 spiro atoms. The molecule has 4 heteroatoms. The maximum Gasteiger partial charge on any atom is 0.251 e. The Labute approximate surface area is 118 Å². The number of carbonyl (C=O) groups is 1. The highest BCUT2D eigenvalue weighted by Gasteiger charge is 2.25. The zero-order valence-electron chi connectivity index (χ0n) is 11.6. The lowest BCUT2D eigenvalue weighted by molar-refractivity contribution is 0.0908. The van der Waals surface area contributed by atoms with Gasteiger partial charge in [0.2, 0.25) is 0 Å². The summed E-state index contributed by atoms with van der Waals surface area (Å²) in [6.07, 6.45) is 6.46. The molecule has 3 rings (SSSR count). The molecule has 1 saturated carbocycles. The topological polar surface area (TPSA) is 70.9 Å². The summed E-state index contributed by atoms with van der Waals surface area (Å²) in [5, 5.41) is 4.23. The summed E-state index contributed by atoms with van der Waals surface area (Å²) >= 11 is 0. The van der Waals surface area contributed by atoms with Crippen LogP contribution in [0.2, 0.25) is 0 Å². The van der Waals surface area contributed by atoms with Gasteiger partial charge in [0, 0.05) is 28.7 Å². The normalized spacial score (nSPS) is 22.9. The Balaban J connectivity index is 1.74. The third-order valence-electron chi connectivity index (χ3n) is 4.34. The van der Waals surface area contributed by atoms with Gasteiger partial charge in [-0.05, 0) is 49.6 Å². The minimum Gasteiger partial charge on any atom is -0.361 e. The van der Waals surface area contributed by atoms with Crippen molar-refractivity contribution in [3.05, 3.63) is 36.0 Å². The van der Waals surface area contributed by atoms with Crippen LogP contribution in [0.15, 0.2) is 30.5 Å². The molecule has 1 fully saturated rings. The zero-order chi connectivity index (χ0) is 13.9. The molecule has 4 nitrogen and oxygen atoms in total. The first-order valence-corrected chi connectivity index (χ1v) is 7.36. The second kappa shape index (κ2) is 5.67. The van der Waals surface area contributed by atoms with E-state index >= 15 is 0 Å². The molecule has 1 aliphatic rings. The SMILES string of the molecule is NCC1CCCCC1NC(=O)c1ccc2[nH]ccc2c1. The van der Waals surface area contributed by atoms with Gasteiger partial charge in [0.1, 0.15) is 0 Å². The highest BCUT2D eigenvalue weighted by Crippen LogP contribution is 2.24. The third kappa shape index (κ3) is 2.56. The predicted molar refractivity (Wildman–Crippen MR) is 80.6 cm³/mol. The van der Waals surface area contributed by atoms with Crippen LogP contribution in [0.5, 0.6) is 0 Å². The summed E-state index contributed by atoms with van der Waals surface area (Å²) in [5.74, 6) is 0.433. The summed E-state index contributed by atoms with van der Waals surface area (Å²) in [6.45, 7) is 0.655. The monoisotopic (exact) mass is 271 g/mol. The molecule has 0 radical (unpaired) electrons. The largest absolute Gasteiger partial charge is 0.361 e. The molecule has 2 unspecified atom stereocenters. The Morgan fingerprint density at radius 1 is 1.30 bits per heavy atom. The van der Waals surface area contributed by atoms with Gasteiger partial charge >= 0.3 is 0 Å². The molecule has 1 aromatic heterocycles. The first-order valence-electron chi connectivity index (χ1n) is 7.36. The van der Waals surface area contributed by atoms with Gasteiger partial charge in [0.05, 0.1) is 0 Å². The Bertz CT molecular complexity index is 605. The van der Waals surface area contributed by atoms with Crippen molar-refractivity contribution in [1.82, 2.24) is 10.3 Å². The molecule has 1 heterocycles. The number of H-pyrrole nitrogens is 1. The van der Waals surface area contributed by atoms with E-state index < -0.39 is 0 Å². The fraction of sp³-hybridized carbons (Fsp3) is 0.438. The van der Waals surface area contributed by atoms with Gasteiger partial charge in [-0.15, -0.1) is 0 Å². The van der Waals surface area contributed by atoms with E-state index in [4.69, 9.17) is 5.73 Å². The van der Waals surface area contributed by atoms with E-state index in [1.165, 1.54) is 12.8 Å². The number of amides is 1. The number of fused-ring (bicyclic) bond motifs is 1. The average molecular weight is 271 g/mol. The highest BCUT2D eigenvalue weighted by atomic mass is 16.1. The van der Waals surface area contributed by atoms with E-state index in [1.54, 1.807) is 0 Å².